The van der Waals surface area contributed by atoms with Crippen LogP contribution in [0.15, 0.2) is 60.7 Å². The number of allylic oxidation sites excluding steroid dienone is 1. The smallest absolute Gasteiger partial charge is 0.150 e. The van der Waals surface area contributed by atoms with Crippen LogP contribution in [0.5, 0.6) is 5.75 Å². The van der Waals surface area contributed by atoms with E-state index >= 15 is 0 Å². The van der Waals surface area contributed by atoms with Gasteiger partial charge in [0.1, 0.15) is 11.6 Å². The number of halogens is 2. The van der Waals surface area contributed by atoms with E-state index in [1.54, 1.807) is 12.1 Å². The van der Waals surface area contributed by atoms with Gasteiger partial charge in [-0.25, -0.2) is 4.39 Å². The number of ether oxygens (including phenoxy) is 1. The van der Waals surface area contributed by atoms with Crippen LogP contribution in [0.4, 0.5) is 10.1 Å². The van der Waals surface area contributed by atoms with Crippen LogP contribution in [0.3, 0.4) is 0 Å². The first kappa shape index (κ1) is 18.3. The molecule has 0 aliphatic carbocycles. The summed E-state index contributed by atoms with van der Waals surface area (Å²) in [5.41, 5.74) is 7.36. The van der Waals surface area contributed by atoms with Crippen molar-refractivity contribution in [3.8, 4) is 16.9 Å². The Bertz CT molecular complexity index is 1160. The molecule has 0 saturated carbocycles. The summed E-state index contributed by atoms with van der Waals surface area (Å²) < 4.78 is 20.0. The zero-order chi connectivity index (χ0) is 20.3. The number of fused-ring (bicyclic) bond motifs is 5. The van der Waals surface area contributed by atoms with Crippen LogP contribution in [0.2, 0.25) is 5.02 Å². The minimum atomic E-state index is -0.333. The number of nitrogens with one attached hydrogen (secondary N) is 1. The van der Waals surface area contributed by atoms with Gasteiger partial charge in [0.25, 0.3) is 0 Å². The molecule has 0 aromatic heterocycles. The molecule has 0 amide bonds. The summed E-state index contributed by atoms with van der Waals surface area (Å²) in [6, 6.07) is 16.5. The lowest BCUT2D eigenvalue weighted by Gasteiger charge is -2.37. The van der Waals surface area contributed by atoms with Crippen LogP contribution in [0.25, 0.3) is 16.7 Å². The molecule has 3 aromatic rings. The van der Waals surface area contributed by atoms with Crippen molar-refractivity contribution in [2.45, 2.75) is 32.4 Å². The summed E-state index contributed by atoms with van der Waals surface area (Å²) in [6.45, 7) is 6.45. The van der Waals surface area contributed by atoms with Gasteiger partial charge < -0.3 is 10.1 Å². The Labute approximate surface area is 175 Å². The average molecular weight is 406 g/mol. The highest BCUT2D eigenvalue weighted by atomic mass is 35.5. The van der Waals surface area contributed by atoms with Gasteiger partial charge in [0.05, 0.1) is 5.54 Å². The van der Waals surface area contributed by atoms with E-state index in [9.17, 15) is 4.39 Å². The van der Waals surface area contributed by atoms with E-state index in [-0.39, 0.29) is 17.5 Å². The normalized spacial score (nSPS) is 18.5. The Morgan fingerprint density at radius 3 is 2.52 bits per heavy atom. The van der Waals surface area contributed by atoms with Gasteiger partial charge in [-0.2, -0.15) is 0 Å². The third-order valence-corrected chi connectivity index (χ3v) is 5.82. The molecule has 2 aliphatic heterocycles. The van der Waals surface area contributed by atoms with Gasteiger partial charge in [0.2, 0.25) is 0 Å². The highest BCUT2D eigenvalue weighted by Crippen LogP contribution is 2.51. The van der Waals surface area contributed by atoms with Gasteiger partial charge in [-0.05, 0) is 73.9 Å². The fourth-order valence-corrected chi connectivity index (χ4v) is 4.70. The van der Waals surface area contributed by atoms with Crippen molar-refractivity contribution >= 4 is 22.9 Å². The van der Waals surface area contributed by atoms with Gasteiger partial charge in [-0.3, -0.25) is 0 Å². The van der Waals surface area contributed by atoms with Crippen molar-refractivity contribution in [1.82, 2.24) is 0 Å². The van der Waals surface area contributed by atoms with Gasteiger partial charge in [-0.15, -0.1) is 0 Å². The maximum atomic E-state index is 13.6. The molecule has 2 nitrogen and oxygen atoms in total. The molecule has 146 valence electrons. The van der Waals surface area contributed by atoms with E-state index in [4.69, 9.17) is 16.3 Å². The Kier molecular flexibility index (Phi) is 4.01. The first-order valence-electron chi connectivity index (χ1n) is 9.69. The molecule has 2 heterocycles. The maximum absolute atomic E-state index is 13.6. The molecular weight excluding hydrogens is 385 g/mol. The van der Waals surface area contributed by atoms with Crippen molar-refractivity contribution < 1.29 is 9.13 Å². The standard InChI is InChI=1S/C25H21ClFNO/c1-14-13-25(2,3)28-20-10-9-18-19-12-16(26)6-11-21(19)29-24(23(18)22(14)20)15-4-7-17(27)8-5-15/h4-13,24,28H,1-3H3. The molecule has 1 N–H and O–H groups in total. The Balaban J connectivity index is 1.81. The van der Waals surface area contributed by atoms with Crippen molar-refractivity contribution in [3.05, 3.63) is 88.2 Å². The predicted molar refractivity (Wildman–Crippen MR) is 117 cm³/mol. The van der Waals surface area contributed by atoms with E-state index in [2.05, 4.69) is 44.3 Å². The van der Waals surface area contributed by atoms with E-state index < -0.39 is 0 Å². The van der Waals surface area contributed by atoms with Crippen molar-refractivity contribution in [2.24, 2.45) is 0 Å². The number of anilines is 1. The first-order chi connectivity index (χ1) is 13.8. The third-order valence-electron chi connectivity index (χ3n) is 5.59. The van der Waals surface area contributed by atoms with Gasteiger partial charge in [0, 0.05) is 27.4 Å². The van der Waals surface area contributed by atoms with Crippen LogP contribution in [0.1, 0.15) is 43.6 Å². The Morgan fingerprint density at radius 2 is 1.76 bits per heavy atom. The van der Waals surface area contributed by atoms with Crippen molar-refractivity contribution in [3.63, 3.8) is 0 Å². The fourth-order valence-electron chi connectivity index (χ4n) is 4.53. The van der Waals surface area contributed by atoms with E-state index in [0.717, 1.165) is 39.3 Å². The lowest BCUT2D eigenvalue weighted by Crippen LogP contribution is -2.32. The summed E-state index contributed by atoms with van der Waals surface area (Å²) in [6.07, 6.45) is 1.91. The van der Waals surface area contributed by atoms with E-state index in [0.29, 0.717) is 5.02 Å². The molecule has 1 atom stereocenters. The molecule has 4 heteroatoms. The number of hydrogen-bond acceptors (Lipinski definition) is 2. The molecule has 3 aromatic carbocycles. The van der Waals surface area contributed by atoms with Gasteiger partial charge in [0.15, 0.2) is 6.10 Å². The predicted octanol–water partition coefficient (Wildman–Crippen LogP) is 7.24. The zero-order valence-corrected chi connectivity index (χ0v) is 17.3. The third kappa shape index (κ3) is 3.01. The summed E-state index contributed by atoms with van der Waals surface area (Å²) in [5.74, 6) is 0.522. The molecule has 0 saturated heterocycles. The molecule has 2 aliphatic rings. The quantitative estimate of drug-likeness (QED) is 0.460. The Hall–Kier alpha value is -2.78. The second kappa shape index (κ2) is 6.36. The molecule has 1 unspecified atom stereocenters. The van der Waals surface area contributed by atoms with Crippen molar-refractivity contribution in [1.29, 1.82) is 0 Å². The molecular formula is C25H21ClFNO. The second-order valence-electron chi connectivity index (χ2n) is 8.31. The number of rotatable bonds is 1. The Morgan fingerprint density at radius 1 is 1.00 bits per heavy atom. The van der Waals surface area contributed by atoms with Crippen LogP contribution in [-0.2, 0) is 0 Å². The largest absolute Gasteiger partial charge is 0.480 e. The summed E-state index contributed by atoms with van der Waals surface area (Å²) in [7, 11) is 0. The van der Waals surface area contributed by atoms with Gasteiger partial charge in [-0.1, -0.05) is 35.9 Å². The highest BCUT2D eigenvalue weighted by Gasteiger charge is 2.34. The molecule has 5 rings (SSSR count). The topological polar surface area (TPSA) is 21.3 Å². The zero-order valence-electron chi connectivity index (χ0n) is 16.5. The van der Waals surface area contributed by atoms with E-state index in [1.165, 1.54) is 17.7 Å². The minimum Gasteiger partial charge on any atom is -0.480 e. The summed E-state index contributed by atoms with van der Waals surface area (Å²) in [5, 5.41) is 4.28. The highest BCUT2D eigenvalue weighted by molar-refractivity contribution is 6.31. The first-order valence-corrected chi connectivity index (χ1v) is 10.1. The average Bonchev–Trinajstić information content (AvgIpc) is 2.66. The lowest BCUT2D eigenvalue weighted by molar-refractivity contribution is 0.243. The van der Waals surface area contributed by atoms with E-state index in [1.807, 2.05) is 18.2 Å². The maximum Gasteiger partial charge on any atom is 0.150 e. The van der Waals surface area contributed by atoms with Gasteiger partial charge >= 0.3 is 0 Å². The molecule has 0 radical (unpaired) electrons. The molecule has 0 bridgehead atoms. The van der Waals surface area contributed by atoms with Crippen LogP contribution in [-0.4, -0.2) is 5.54 Å². The van der Waals surface area contributed by atoms with Crippen LogP contribution < -0.4 is 10.1 Å². The fraction of sp³-hybridized carbons (Fsp3) is 0.200. The minimum absolute atomic E-state index is 0.132. The summed E-state index contributed by atoms with van der Waals surface area (Å²) >= 11 is 6.30. The van der Waals surface area contributed by atoms with Crippen LogP contribution in [0, 0.1) is 5.82 Å². The lowest BCUT2D eigenvalue weighted by atomic mass is 9.80. The number of benzene rings is 3. The number of hydrogen-bond donors (Lipinski definition) is 1. The SMILES string of the molecule is CC1=CC(C)(C)Nc2ccc3c(c21)C(c1ccc(F)cc1)Oc1ccc(Cl)cc1-3. The second-order valence-corrected chi connectivity index (χ2v) is 8.75. The molecule has 29 heavy (non-hydrogen) atoms. The monoisotopic (exact) mass is 405 g/mol. The molecule has 0 spiro atoms. The van der Waals surface area contributed by atoms with Crippen LogP contribution >= 0.6 is 11.6 Å². The summed E-state index contributed by atoms with van der Waals surface area (Å²) in [4.78, 5) is 0. The molecule has 0 fully saturated rings. The van der Waals surface area contributed by atoms with Crippen molar-refractivity contribution in [2.75, 3.05) is 5.32 Å².